The van der Waals surface area contributed by atoms with E-state index in [0.717, 1.165) is 17.8 Å². The van der Waals surface area contributed by atoms with E-state index < -0.39 is 0 Å². The monoisotopic (exact) mass is 252 g/mol. The number of ether oxygens (including phenoxy) is 1. The SMILES string of the molecule is CCOC(C(=O)Cc1cc(CC)nn1C)C(C)C. The van der Waals surface area contributed by atoms with Crippen LogP contribution in [0.15, 0.2) is 6.07 Å². The summed E-state index contributed by atoms with van der Waals surface area (Å²) in [6.07, 6.45) is 0.975. The fraction of sp³-hybridized carbons (Fsp3) is 0.714. The van der Waals surface area contributed by atoms with Gasteiger partial charge in [0.05, 0.1) is 12.1 Å². The lowest BCUT2D eigenvalue weighted by Crippen LogP contribution is -2.31. The summed E-state index contributed by atoms with van der Waals surface area (Å²) < 4.78 is 7.32. The van der Waals surface area contributed by atoms with E-state index in [1.54, 1.807) is 4.68 Å². The second-order valence-corrected chi connectivity index (χ2v) is 4.87. The molecular weight excluding hydrogens is 228 g/mol. The molecule has 4 heteroatoms. The van der Waals surface area contributed by atoms with Gasteiger partial charge in [-0.2, -0.15) is 5.10 Å². The maximum atomic E-state index is 12.2. The van der Waals surface area contributed by atoms with Crippen molar-refractivity contribution in [2.24, 2.45) is 13.0 Å². The third kappa shape index (κ3) is 3.67. The lowest BCUT2D eigenvalue weighted by atomic mass is 9.99. The molecule has 102 valence electrons. The average Bonchev–Trinajstić information content (AvgIpc) is 2.66. The van der Waals surface area contributed by atoms with Gasteiger partial charge in [0, 0.05) is 19.3 Å². The minimum atomic E-state index is -0.310. The lowest BCUT2D eigenvalue weighted by Gasteiger charge is -2.19. The zero-order chi connectivity index (χ0) is 13.7. The zero-order valence-corrected chi connectivity index (χ0v) is 12.1. The van der Waals surface area contributed by atoms with E-state index in [9.17, 15) is 4.79 Å². The van der Waals surface area contributed by atoms with Crippen molar-refractivity contribution in [3.8, 4) is 0 Å². The molecule has 0 bridgehead atoms. The highest BCUT2D eigenvalue weighted by molar-refractivity contribution is 5.85. The normalized spacial score (nSPS) is 13.0. The molecule has 1 aromatic rings. The number of carbonyl (C=O) groups excluding carboxylic acids is 1. The van der Waals surface area contributed by atoms with Gasteiger partial charge in [-0.05, 0) is 25.3 Å². The predicted molar refractivity (Wildman–Crippen MR) is 71.5 cm³/mol. The molecule has 4 nitrogen and oxygen atoms in total. The Morgan fingerprint density at radius 2 is 2.11 bits per heavy atom. The van der Waals surface area contributed by atoms with Crippen LogP contribution in [0.1, 0.15) is 39.1 Å². The number of Topliss-reactive ketones (excluding diaryl/α,β-unsaturated/α-hetero) is 1. The van der Waals surface area contributed by atoms with Crippen molar-refractivity contribution < 1.29 is 9.53 Å². The van der Waals surface area contributed by atoms with Gasteiger partial charge in [0.25, 0.3) is 0 Å². The van der Waals surface area contributed by atoms with Crippen molar-refractivity contribution in [1.29, 1.82) is 0 Å². The molecule has 0 aliphatic heterocycles. The molecule has 1 atom stereocenters. The lowest BCUT2D eigenvalue weighted by molar-refractivity contribution is -0.132. The molecule has 18 heavy (non-hydrogen) atoms. The Labute approximate surface area is 109 Å². The molecule has 0 aromatic carbocycles. The van der Waals surface area contributed by atoms with Crippen molar-refractivity contribution in [2.45, 2.75) is 46.6 Å². The number of hydrogen-bond donors (Lipinski definition) is 0. The highest BCUT2D eigenvalue weighted by Crippen LogP contribution is 2.12. The molecule has 0 amide bonds. The zero-order valence-electron chi connectivity index (χ0n) is 12.1. The fourth-order valence-electron chi connectivity index (χ4n) is 2.03. The molecule has 0 spiro atoms. The third-order valence-electron chi connectivity index (χ3n) is 3.01. The Bertz CT molecular complexity index is 396. The molecule has 1 unspecified atom stereocenters. The largest absolute Gasteiger partial charge is 0.370 e. The Morgan fingerprint density at radius 3 is 2.56 bits per heavy atom. The molecule has 0 aliphatic rings. The minimum Gasteiger partial charge on any atom is -0.370 e. The van der Waals surface area contributed by atoms with Gasteiger partial charge in [-0.15, -0.1) is 0 Å². The van der Waals surface area contributed by atoms with Gasteiger partial charge in [-0.25, -0.2) is 0 Å². The summed E-state index contributed by atoms with van der Waals surface area (Å²) in [5.41, 5.74) is 1.99. The number of carbonyl (C=O) groups is 1. The van der Waals surface area contributed by atoms with Crippen molar-refractivity contribution in [3.05, 3.63) is 17.5 Å². The predicted octanol–water partition coefficient (Wildman–Crippen LogP) is 2.16. The van der Waals surface area contributed by atoms with Crippen LogP contribution in [-0.4, -0.2) is 28.3 Å². The molecule has 0 saturated carbocycles. The minimum absolute atomic E-state index is 0.137. The highest BCUT2D eigenvalue weighted by atomic mass is 16.5. The van der Waals surface area contributed by atoms with Gasteiger partial charge in [0.1, 0.15) is 6.10 Å². The first-order valence-electron chi connectivity index (χ1n) is 6.65. The smallest absolute Gasteiger partial charge is 0.167 e. The first-order chi connectivity index (χ1) is 8.49. The number of aromatic nitrogens is 2. The van der Waals surface area contributed by atoms with Crippen molar-refractivity contribution in [2.75, 3.05) is 6.61 Å². The number of rotatable bonds is 7. The summed E-state index contributed by atoms with van der Waals surface area (Å²) in [6, 6.07) is 2.00. The molecule has 1 aromatic heterocycles. The van der Waals surface area contributed by atoms with Crippen LogP contribution in [0.2, 0.25) is 0 Å². The van der Waals surface area contributed by atoms with Crippen LogP contribution in [-0.2, 0) is 29.4 Å². The van der Waals surface area contributed by atoms with E-state index in [4.69, 9.17) is 4.74 Å². The van der Waals surface area contributed by atoms with Gasteiger partial charge in [-0.1, -0.05) is 20.8 Å². The second kappa shape index (κ2) is 6.69. The topological polar surface area (TPSA) is 44.1 Å². The van der Waals surface area contributed by atoms with Gasteiger partial charge in [0.2, 0.25) is 0 Å². The average molecular weight is 252 g/mol. The fourth-order valence-corrected chi connectivity index (χ4v) is 2.03. The Kier molecular flexibility index (Phi) is 5.54. The molecule has 1 heterocycles. The Morgan fingerprint density at radius 1 is 1.44 bits per heavy atom. The maximum absolute atomic E-state index is 12.2. The first-order valence-corrected chi connectivity index (χ1v) is 6.65. The van der Waals surface area contributed by atoms with E-state index in [1.165, 1.54) is 0 Å². The van der Waals surface area contributed by atoms with Gasteiger partial charge >= 0.3 is 0 Å². The maximum Gasteiger partial charge on any atom is 0.167 e. The quantitative estimate of drug-likeness (QED) is 0.747. The molecule has 0 saturated heterocycles. The Balaban J connectivity index is 2.75. The van der Waals surface area contributed by atoms with Crippen LogP contribution >= 0.6 is 0 Å². The summed E-state index contributed by atoms with van der Waals surface area (Å²) in [7, 11) is 1.88. The van der Waals surface area contributed by atoms with E-state index in [1.807, 2.05) is 33.9 Å². The summed E-state index contributed by atoms with van der Waals surface area (Å²) in [6.45, 7) is 8.57. The summed E-state index contributed by atoms with van der Waals surface area (Å²) >= 11 is 0. The molecule has 1 rings (SSSR count). The second-order valence-electron chi connectivity index (χ2n) is 4.87. The van der Waals surface area contributed by atoms with Gasteiger partial charge in [-0.3, -0.25) is 9.48 Å². The van der Waals surface area contributed by atoms with Gasteiger partial charge < -0.3 is 4.74 Å². The van der Waals surface area contributed by atoms with Crippen LogP contribution < -0.4 is 0 Å². The van der Waals surface area contributed by atoms with E-state index in [2.05, 4.69) is 12.0 Å². The van der Waals surface area contributed by atoms with E-state index in [0.29, 0.717) is 13.0 Å². The summed E-state index contributed by atoms with van der Waals surface area (Å²) in [4.78, 5) is 12.2. The molecule has 0 fully saturated rings. The van der Waals surface area contributed by atoms with Crippen LogP contribution in [0.25, 0.3) is 0 Å². The number of ketones is 1. The van der Waals surface area contributed by atoms with Crippen molar-refractivity contribution in [3.63, 3.8) is 0 Å². The summed E-state index contributed by atoms with van der Waals surface area (Å²) in [5.74, 6) is 0.342. The Hall–Kier alpha value is -1.16. The number of hydrogen-bond acceptors (Lipinski definition) is 3. The van der Waals surface area contributed by atoms with Crippen LogP contribution in [0, 0.1) is 5.92 Å². The van der Waals surface area contributed by atoms with Crippen LogP contribution in [0.5, 0.6) is 0 Å². The third-order valence-corrected chi connectivity index (χ3v) is 3.01. The van der Waals surface area contributed by atoms with E-state index >= 15 is 0 Å². The molecule has 0 N–H and O–H groups in total. The molecule has 0 aliphatic carbocycles. The van der Waals surface area contributed by atoms with Crippen molar-refractivity contribution >= 4 is 5.78 Å². The first kappa shape index (κ1) is 14.9. The number of aryl methyl sites for hydroxylation is 2. The van der Waals surface area contributed by atoms with E-state index in [-0.39, 0.29) is 17.8 Å². The van der Waals surface area contributed by atoms with Gasteiger partial charge in [0.15, 0.2) is 5.78 Å². The summed E-state index contributed by atoms with van der Waals surface area (Å²) in [5, 5.41) is 4.36. The molecule has 0 radical (unpaired) electrons. The number of nitrogens with zero attached hydrogens (tertiary/aromatic N) is 2. The van der Waals surface area contributed by atoms with Crippen LogP contribution in [0.4, 0.5) is 0 Å². The van der Waals surface area contributed by atoms with Crippen LogP contribution in [0.3, 0.4) is 0 Å². The standard InChI is InChI=1S/C14H24N2O2/c1-6-11-8-12(16(5)15-11)9-13(17)14(10(3)4)18-7-2/h8,10,14H,6-7,9H2,1-5H3. The highest BCUT2D eigenvalue weighted by Gasteiger charge is 2.23. The van der Waals surface area contributed by atoms with Crippen molar-refractivity contribution in [1.82, 2.24) is 9.78 Å². The molecular formula is C14H24N2O2.